The first-order valence-electron chi connectivity index (χ1n) is 8.44. The molecule has 0 saturated heterocycles. The smallest absolute Gasteiger partial charge is 0.323 e. The Bertz CT molecular complexity index is 421. The molecule has 24 heavy (non-hydrogen) atoms. The van der Waals surface area contributed by atoms with Crippen molar-refractivity contribution in [2.45, 2.75) is 53.5 Å². The first-order chi connectivity index (χ1) is 11.4. The molecular weight excluding hydrogens is 312 g/mol. The molecular formula is C18H30O6. The summed E-state index contributed by atoms with van der Waals surface area (Å²) in [4.78, 5) is 0. The van der Waals surface area contributed by atoms with Crippen LogP contribution in [0.5, 0.6) is 11.5 Å². The number of hydrogen-bond acceptors (Lipinski definition) is 6. The Labute approximate surface area is 144 Å². The van der Waals surface area contributed by atoms with E-state index in [0.29, 0.717) is 37.9 Å². The lowest BCUT2D eigenvalue weighted by Crippen LogP contribution is -2.41. The van der Waals surface area contributed by atoms with Gasteiger partial charge in [-0.05, 0) is 39.8 Å². The lowest BCUT2D eigenvalue weighted by atomic mass is 10.3. The van der Waals surface area contributed by atoms with Crippen molar-refractivity contribution in [2.24, 2.45) is 0 Å². The van der Waals surface area contributed by atoms with E-state index in [1.54, 1.807) is 26.0 Å². The van der Waals surface area contributed by atoms with Gasteiger partial charge in [0, 0.05) is 13.8 Å². The Morgan fingerprint density at radius 2 is 0.917 bits per heavy atom. The minimum atomic E-state index is -1.20. The number of para-hydroxylation sites is 2. The Balaban J connectivity index is 3.02. The zero-order valence-corrected chi connectivity index (χ0v) is 15.6. The van der Waals surface area contributed by atoms with Gasteiger partial charge in [0.2, 0.25) is 0 Å². The quantitative estimate of drug-likeness (QED) is 0.536. The fourth-order valence-electron chi connectivity index (χ4n) is 2.27. The molecule has 1 aromatic rings. The summed E-state index contributed by atoms with van der Waals surface area (Å²) >= 11 is 0. The third-order valence-corrected chi connectivity index (χ3v) is 3.07. The second-order valence-electron chi connectivity index (χ2n) is 5.11. The van der Waals surface area contributed by atoms with Gasteiger partial charge in [0.1, 0.15) is 0 Å². The third-order valence-electron chi connectivity index (χ3n) is 3.07. The Hall–Kier alpha value is -1.34. The van der Waals surface area contributed by atoms with E-state index in [1.165, 1.54) is 0 Å². The summed E-state index contributed by atoms with van der Waals surface area (Å²) < 4.78 is 34.2. The Morgan fingerprint density at radius 3 is 1.17 bits per heavy atom. The van der Waals surface area contributed by atoms with E-state index in [1.807, 2.05) is 39.8 Å². The maximum absolute atomic E-state index is 5.94. The van der Waals surface area contributed by atoms with Crippen LogP contribution >= 0.6 is 0 Å². The standard InChI is InChI=1S/C18H30O6/c1-7-19-17(5,20-8-2)23-15-13-11-12-14-16(15)24-18(6,21-9-3)22-10-4/h11-14H,7-10H2,1-6H3. The maximum atomic E-state index is 5.94. The summed E-state index contributed by atoms with van der Waals surface area (Å²) in [5.41, 5.74) is 0. The monoisotopic (exact) mass is 342 g/mol. The summed E-state index contributed by atoms with van der Waals surface area (Å²) in [5, 5.41) is 0. The summed E-state index contributed by atoms with van der Waals surface area (Å²) in [7, 11) is 0. The summed E-state index contributed by atoms with van der Waals surface area (Å²) in [6.45, 7) is 12.8. The Kier molecular flexibility index (Phi) is 8.48. The summed E-state index contributed by atoms with van der Waals surface area (Å²) in [6.07, 6.45) is 0. The molecule has 0 bridgehead atoms. The van der Waals surface area contributed by atoms with E-state index in [9.17, 15) is 0 Å². The van der Waals surface area contributed by atoms with Crippen molar-refractivity contribution < 1.29 is 28.4 Å². The zero-order chi connectivity index (χ0) is 18.1. The van der Waals surface area contributed by atoms with Crippen molar-refractivity contribution in [3.05, 3.63) is 24.3 Å². The number of benzene rings is 1. The first kappa shape index (κ1) is 20.7. The second kappa shape index (κ2) is 9.84. The fourth-order valence-corrected chi connectivity index (χ4v) is 2.27. The molecule has 0 radical (unpaired) electrons. The molecule has 0 aliphatic carbocycles. The van der Waals surface area contributed by atoms with Crippen LogP contribution in [0.1, 0.15) is 41.5 Å². The molecule has 0 aliphatic rings. The number of ether oxygens (including phenoxy) is 6. The van der Waals surface area contributed by atoms with Crippen molar-refractivity contribution >= 4 is 0 Å². The van der Waals surface area contributed by atoms with Crippen molar-refractivity contribution in [1.29, 1.82) is 0 Å². The van der Waals surface area contributed by atoms with E-state index >= 15 is 0 Å². The molecule has 0 aliphatic heterocycles. The SMILES string of the molecule is CCOC(C)(OCC)Oc1ccccc1OC(C)(OCC)OCC. The predicted molar refractivity (Wildman–Crippen MR) is 91.0 cm³/mol. The van der Waals surface area contributed by atoms with Crippen LogP contribution in [-0.2, 0) is 18.9 Å². The molecule has 0 fully saturated rings. The van der Waals surface area contributed by atoms with Crippen molar-refractivity contribution in [3.8, 4) is 11.5 Å². The minimum Gasteiger partial charge on any atom is -0.435 e. The molecule has 138 valence electrons. The molecule has 0 amide bonds. The summed E-state index contributed by atoms with van der Waals surface area (Å²) in [5.74, 6) is -1.44. The van der Waals surface area contributed by atoms with Gasteiger partial charge in [0.05, 0.1) is 26.4 Å². The Morgan fingerprint density at radius 1 is 0.625 bits per heavy atom. The van der Waals surface area contributed by atoms with Gasteiger partial charge in [0.15, 0.2) is 11.5 Å². The highest BCUT2D eigenvalue weighted by Crippen LogP contribution is 2.34. The largest absolute Gasteiger partial charge is 0.435 e. The van der Waals surface area contributed by atoms with Crippen molar-refractivity contribution in [1.82, 2.24) is 0 Å². The van der Waals surface area contributed by atoms with Crippen LogP contribution in [0.3, 0.4) is 0 Å². The van der Waals surface area contributed by atoms with Crippen LogP contribution in [0.2, 0.25) is 0 Å². The van der Waals surface area contributed by atoms with E-state index in [-0.39, 0.29) is 0 Å². The highest BCUT2D eigenvalue weighted by atomic mass is 16.9. The topological polar surface area (TPSA) is 55.4 Å². The molecule has 0 N–H and O–H groups in total. The van der Waals surface area contributed by atoms with Crippen molar-refractivity contribution in [3.63, 3.8) is 0 Å². The van der Waals surface area contributed by atoms with Gasteiger partial charge in [-0.15, -0.1) is 0 Å². The van der Waals surface area contributed by atoms with Gasteiger partial charge in [0.25, 0.3) is 0 Å². The van der Waals surface area contributed by atoms with Gasteiger partial charge in [-0.25, -0.2) is 0 Å². The van der Waals surface area contributed by atoms with Gasteiger partial charge >= 0.3 is 11.9 Å². The van der Waals surface area contributed by atoms with Gasteiger partial charge < -0.3 is 28.4 Å². The molecule has 0 spiro atoms. The molecule has 0 aromatic heterocycles. The highest BCUT2D eigenvalue weighted by Gasteiger charge is 2.32. The average Bonchev–Trinajstić information content (AvgIpc) is 2.50. The lowest BCUT2D eigenvalue weighted by molar-refractivity contribution is -0.338. The molecule has 6 nitrogen and oxygen atoms in total. The van der Waals surface area contributed by atoms with Crippen LogP contribution in [0, 0.1) is 0 Å². The second-order valence-corrected chi connectivity index (χ2v) is 5.11. The van der Waals surface area contributed by atoms with Crippen LogP contribution in [0.25, 0.3) is 0 Å². The molecule has 0 atom stereocenters. The van der Waals surface area contributed by atoms with Crippen LogP contribution in [0.4, 0.5) is 0 Å². The van der Waals surface area contributed by atoms with Crippen LogP contribution in [0.15, 0.2) is 24.3 Å². The van der Waals surface area contributed by atoms with Gasteiger partial charge in [-0.3, -0.25) is 0 Å². The van der Waals surface area contributed by atoms with Crippen LogP contribution < -0.4 is 9.47 Å². The average molecular weight is 342 g/mol. The van der Waals surface area contributed by atoms with Gasteiger partial charge in [-0.2, -0.15) is 0 Å². The maximum Gasteiger partial charge on any atom is 0.323 e. The van der Waals surface area contributed by atoms with E-state index < -0.39 is 11.9 Å². The molecule has 0 saturated carbocycles. The van der Waals surface area contributed by atoms with Gasteiger partial charge in [-0.1, -0.05) is 12.1 Å². The van der Waals surface area contributed by atoms with E-state index in [2.05, 4.69) is 0 Å². The molecule has 6 heteroatoms. The highest BCUT2D eigenvalue weighted by molar-refractivity contribution is 5.39. The zero-order valence-electron chi connectivity index (χ0n) is 15.6. The van der Waals surface area contributed by atoms with Crippen molar-refractivity contribution in [2.75, 3.05) is 26.4 Å². The van der Waals surface area contributed by atoms with Crippen LogP contribution in [-0.4, -0.2) is 38.4 Å². The fraction of sp³-hybridized carbons (Fsp3) is 0.667. The molecule has 1 aromatic carbocycles. The molecule has 0 unspecified atom stereocenters. The minimum absolute atomic E-state index is 0.454. The van der Waals surface area contributed by atoms with E-state index in [4.69, 9.17) is 28.4 Å². The first-order valence-corrected chi connectivity index (χ1v) is 8.44. The molecule has 1 rings (SSSR count). The summed E-state index contributed by atoms with van der Waals surface area (Å²) in [6, 6.07) is 7.26. The number of rotatable bonds is 12. The number of hydrogen-bond donors (Lipinski definition) is 0. The lowest BCUT2D eigenvalue weighted by Gasteiger charge is -2.32. The van der Waals surface area contributed by atoms with E-state index in [0.717, 1.165) is 0 Å². The molecule has 0 heterocycles. The normalized spacial score (nSPS) is 12.2. The third kappa shape index (κ3) is 6.28. The predicted octanol–water partition coefficient (Wildman–Crippen LogP) is 3.94.